The Hall–Kier alpha value is -1.03. The van der Waals surface area contributed by atoms with E-state index in [1.165, 1.54) is 33.3 Å². The molecule has 2 aliphatic rings. The minimum Gasteiger partial charge on any atom is -0.291 e. The number of thiocarbonyl (C=S) groups is 2. The molecule has 114 valence electrons. The van der Waals surface area contributed by atoms with Crippen molar-refractivity contribution in [1.29, 1.82) is 0 Å². The molecule has 2 fully saturated rings. The van der Waals surface area contributed by atoms with Crippen LogP contribution in [0.15, 0.2) is 18.2 Å². The average Bonchev–Trinajstić information content (AvgIpc) is 3.14. The van der Waals surface area contributed by atoms with E-state index < -0.39 is 0 Å². The molecule has 0 atom stereocenters. The topological polar surface area (TPSA) is 53.5 Å². The summed E-state index contributed by atoms with van der Waals surface area (Å²) in [5.41, 5.74) is 0.460. The first kappa shape index (κ1) is 15.9. The molecule has 2 saturated heterocycles. The van der Waals surface area contributed by atoms with Crippen LogP contribution in [-0.2, 0) is 0 Å². The zero-order valence-electron chi connectivity index (χ0n) is 11.4. The van der Waals surface area contributed by atoms with Gasteiger partial charge in [0.2, 0.25) is 0 Å². The molecular weight excluding hydrogens is 358 g/mol. The minimum absolute atomic E-state index is 0.230. The van der Waals surface area contributed by atoms with Gasteiger partial charge in [-0.2, -0.15) is 0 Å². The van der Waals surface area contributed by atoms with E-state index in [-0.39, 0.29) is 23.2 Å². The predicted octanol–water partition coefficient (Wildman–Crippen LogP) is 2.03. The maximum atomic E-state index is 12.4. The van der Waals surface area contributed by atoms with Crippen molar-refractivity contribution >= 4 is 68.4 Å². The van der Waals surface area contributed by atoms with Crippen molar-refractivity contribution in [2.75, 3.05) is 24.6 Å². The van der Waals surface area contributed by atoms with Crippen LogP contribution in [0.25, 0.3) is 0 Å². The summed E-state index contributed by atoms with van der Waals surface area (Å²) in [5.74, 6) is 1.07. The maximum absolute atomic E-state index is 12.4. The van der Waals surface area contributed by atoms with Gasteiger partial charge in [-0.1, -0.05) is 54.0 Å². The summed E-state index contributed by atoms with van der Waals surface area (Å²) in [6, 6.07) is 4.86. The number of aromatic nitrogens is 1. The molecule has 3 heterocycles. The summed E-state index contributed by atoms with van der Waals surface area (Å²) >= 11 is 13.2. The molecule has 3 rings (SSSR count). The third-order valence-corrected chi connectivity index (χ3v) is 6.06. The lowest BCUT2D eigenvalue weighted by atomic mass is 10.2. The SMILES string of the molecule is O=C(c1cccc(C(=O)N2CCSC2=S)n1)N1CCSC1=S. The third-order valence-electron chi connectivity index (χ3n) is 3.20. The van der Waals surface area contributed by atoms with Crippen molar-refractivity contribution in [3.05, 3.63) is 29.6 Å². The van der Waals surface area contributed by atoms with Crippen molar-refractivity contribution in [3.63, 3.8) is 0 Å². The fourth-order valence-electron chi connectivity index (χ4n) is 2.11. The van der Waals surface area contributed by atoms with Crippen LogP contribution in [-0.4, -0.2) is 59.8 Å². The van der Waals surface area contributed by atoms with Gasteiger partial charge in [-0.3, -0.25) is 19.4 Å². The maximum Gasteiger partial charge on any atom is 0.277 e. The quantitative estimate of drug-likeness (QED) is 0.739. The number of thioether (sulfide) groups is 2. The normalized spacial score (nSPS) is 18.2. The first-order valence-corrected chi connectivity index (χ1v) is 9.31. The molecular formula is C13H11N3O2S4. The van der Waals surface area contributed by atoms with Crippen molar-refractivity contribution in [2.24, 2.45) is 0 Å². The number of nitrogens with zero attached hydrogens (tertiary/aromatic N) is 3. The van der Waals surface area contributed by atoms with Gasteiger partial charge in [-0.05, 0) is 12.1 Å². The molecule has 0 radical (unpaired) electrons. The fourth-order valence-corrected chi connectivity index (χ4v) is 4.51. The molecule has 22 heavy (non-hydrogen) atoms. The minimum atomic E-state index is -0.261. The molecule has 5 nitrogen and oxygen atoms in total. The lowest BCUT2D eigenvalue weighted by Crippen LogP contribution is -2.33. The first-order chi connectivity index (χ1) is 10.6. The standard InChI is InChI=1S/C13H11N3O2S4/c17-10(15-4-6-21-12(15)19)8-2-1-3-9(14-8)11(18)16-5-7-22-13(16)20/h1-3H,4-7H2. The number of rotatable bonds is 2. The van der Waals surface area contributed by atoms with Crippen molar-refractivity contribution in [1.82, 2.24) is 14.8 Å². The van der Waals surface area contributed by atoms with E-state index in [1.54, 1.807) is 18.2 Å². The predicted molar refractivity (Wildman–Crippen MR) is 96.4 cm³/mol. The summed E-state index contributed by atoms with van der Waals surface area (Å²) in [6.07, 6.45) is 0. The van der Waals surface area contributed by atoms with Gasteiger partial charge in [0.05, 0.1) is 0 Å². The summed E-state index contributed by atoms with van der Waals surface area (Å²) in [7, 11) is 0. The van der Waals surface area contributed by atoms with Crippen LogP contribution in [0, 0.1) is 0 Å². The summed E-state index contributed by atoms with van der Waals surface area (Å²) in [4.78, 5) is 32.1. The number of amides is 2. The molecule has 2 amide bonds. The highest BCUT2D eigenvalue weighted by atomic mass is 32.2. The summed E-state index contributed by atoms with van der Waals surface area (Å²) in [6.45, 7) is 1.16. The van der Waals surface area contributed by atoms with Gasteiger partial charge in [0.15, 0.2) is 0 Å². The molecule has 0 aliphatic carbocycles. The Labute approximate surface area is 146 Å². The Balaban J connectivity index is 1.83. The highest BCUT2D eigenvalue weighted by Crippen LogP contribution is 2.22. The van der Waals surface area contributed by atoms with E-state index in [1.807, 2.05) is 0 Å². The van der Waals surface area contributed by atoms with E-state index in [2.05, 4.69) is 4.98 Å². The van der Waals surface area contributed by atoms with Crippen molar-refractivity contribution in [3.8, 4) is 0 Å². The molecule has 0 spiro atoms. The second-order valence-corrected chi connectivity index (χ2v) is 8.01. The Morgan fingerprint density at radius 2 is 1.41 bits per heavy atom. The molecule has 0 N–H and O–H groups in total. The van der Waals surface area contributed by atoms with Gasteiger partial charge in [0, 0.05) is 24.6 Å². The largest absolute Gasteiger partial charge is 0.291 e. The van der Waals surface area contributed by atoms with E-state index in [9.17, 15) is 9.59 Å². The first-order valence-electron chi connectivity index (χ1n) is 6.52. The van der Waals surface area contributed by atoms with Gasteiger partial charge in [-0.25, -0.2) is 4.98 Å². The van der Waals surface area contributed by atoms with E-state index in [4.69, 9.17) is 24.4 Å². The summed E-state index contributed by atoms with van der Waals surface area (Å²) in [5, 5.41) is 0. The molecule has 0 bridgehead atoms. The molecule has 1 aromatic rings. The second kappa shape index (κ2) is 6.61. The van der Waals surface area contributed by atoms with Crippen molar-refractivity contribution in [2.45, 2.75) is 0 Å². The van der Waals surface area contributed by atoms with Crippen LogP contribution >= 0.6 is 48.0 Å². The fraction of sp³-hybridized carbons (Fsp3) is 0.308. The molecule has 9 heteroatoms. The highest BCUT2D eigenvalue weighted by Gasteiger charge is 2.29. The third kappa shape index (κ3) is 3.03. The Bertz CT molecular complexity index is 626. The molecule has 0 aromatic carbocycles. The molecule has 0 saturated carbocycles. The van der Waals surface area contributed by atoms with Crippen LogP contribution in [0.2, 0.25) is 0 Å². The van der Waals surface area contributed by atoms with Crippen molar-refractivity contribution < 1.29 is 9.59 Å². The van der Waals surface area contributed by atoms with Gasteiger partial charge >= 0.3 is 0 Å². The molecule has 1 aromatic heterocycles. The van der Waals surface area contributed by atoms with Gasteiger partial charge in [0.1, 0.15) is 20.0 Å². The van der Waals surface area contributed by atoms with Crippen LogP contribution < -0.4 is 0 Å². The van der Waals surface area contributed by atoms with Crippen LogP contribution in [0.1, 0.15) is 21.0 Å². The second-order valence-electron chi connectivity index (χ2n) is 4.55. The van der Waals surface area contributed by atoms with Gasteiger partial charge in [-0.15, -0.1) is 0 Å². The lowest BCUT2D eigenvalue weighted by molar-refractivity contribution is 0.0850. The zero-order chi connectivity index (χ0) is 15.7. The summed E-state index contributed by atoms with van der Waals surface area (Å²) < 4.78 is 1.11. The molecule has 2 aliphatic heterocycles. The lowest BCUT2D eigenvalue weighted by Gasteiger charge is -2.16. The monoisotopic (exact) mass is 369 g/mol. The zero-order valence-corrected chi connectivity index (χ0v) is 14.6. The Kier molecular flexibility index (Phi) is 4.76. The van der Waals surface area contributed by atoms with E-state index in [0.29, 0.717) is 21.7 Å². The smallest absolute Gasteiger partial charge is 0.277 e. The number of hydrogen-bond acceptors (Lipinski definition) is 7. The van der Waals surface area contributed by atoms with Crippen LogP contribution in [0.3, 0.4) is 0 Å². The van der Waals surface area contributed by atoms with Gasteiger partial charge < -0.3 is 0 Å². The van der Waals surface area contributed by atoms with E-state index >= 15 is 0 Å². The van der Waals surface area contributed by atoms with Crippen LogP contribution in [0.5, 0.6) is 0 Å². The number of pyridine rings is 1. The van der Waals surface area contributed by atoms with Crippen LogP contribution in [0.4, 0.5) is 0 Å². The number of carbonyl (C=O) groups is 2. The highest BCUT2D eigenvalue weighted by molar-refractivity contribution is 8.23. The van der Waals surface area contributed by atoms with Gasteiger partial charge in [0.25, 0.3) is 11.8 Å². The average molecular weight is 370 g/mol. The van der Waals surface area contributed by atoms with E-state index in [0.717, 1.165) is 11.5 Å². The number of carbonyl (C=O) groups excluding carboxylic acids is 2. The number of hydrogen-bond donors (Lipinski definition) is 0. The Morgan fingerprint density at radius 1 is 0.955 bits per heavy atom. The molecule has 0 unspecified atom stereocenters. The Morgan fingerprint density at radius 3 is 1.77 bits per heavy atom.